The molecule has 0 aliphatic heterocycles. The van der Waals surface area contributed by atoms with Crippen LogP contribution in [0.1, 0.15) is 0 Å². The van der Waals surface area contributed by atoms with Crippen LogP contribution in [-0.2, 0) is 0 Å². The van der Waals surface area contributed by atoms with Crippen molar-refractivity contribution in [3.63, 3.8) is 0 Å². The summed E-state index contributed by atoms with van der Waals surface area (Å²) in [6.45, 7) is 0. The minimum absolute atomic E-state index is 0. The Labute approximate surface area is 107 Å². The molecule has 0 nitrogen and oxygen atoms in total. The zero-order chi connectivity index (χ0) is 0. The smallest absolute Gasteiger partial charge is 1.00 e. The van der Waals surface area contributed by atoms with Crippen LogP contribution in [0.5, 0.6) is 0 Å². The second-order valence-corrected chi connectivity index (χ2v) is 0. The molecule has 0 saturated heterocycles. The van der Waals surface area contributed by atoms with Crippen molar-refractivity contribution in [1.82, 2.24) is 0 Å². The summed E-state index contributed by atoms with van der Waals surface area (Å²) in [6.07, 6.45) is 0. The van der Waals surface area contributed by atoms with E-state index in [9.17, 15) is 0 Å². The minimum Gasteiger partial charge on any atom is -1.00 e. The predicted octanol–water partition coefficient (Wildman–Crippen LogP) is -15.0. The van der Waals surface area contributed by atoms with Gasteiger partial charge in [-0.05, 0) is 0 Å². The summed E-state index contributed by atoms with van der Waals surface area (Å²) in [5, 5.41) is 0. The van der Waals surface area contributed by atoms with E-state index in [-0.39, 0.29) is 110 Å². The molecule has 0 saturated carbocycles. The molecule has 0 amide bonds. The number of rotatable bonds is 0. The van der Waals surface area contributed by atoms with Gasteiger partial charge in [0.1, 0.15) is 0 Å². The molecule has 0 bridgehead atoms. The zero-order valence-electron chi connectivity index (χ0n) is 2.87. The van der Waals surface area contributed by atoms with Gasteiger partial charge in [-0.15, -0.1) is 0 Å². The Bertz CT molecular complexity index is 7.51. The van der Waals surface area contributed by atoms with Crippen LogP contribution in [0.15, 0.2) is 0 Å². The first kappa shape index (κ1) is 71.3. The summed E-state index contributed by atoms with van der Waals surface area (Å²) in [4.78, 5) is 0. The largest absolute Gasteiger partial charge is 3.00 e. The summed E-state index contributed by atoms with van der Waals surface area (Å²) in [5.41, 5.74) is 0. The van der Waals surface area contributed by atoms with Crippen molar-refractivity contribution in [3.05, 3.63) is 0 Å². The average molecular weight is 272 g/mol. The molecule has 0 N–H and O–H groups in total. The van der Waals surface area contributed by atoms with E-state index in [0.29, 0.717) is 0 Å². The normalized spacial score (nSPS) is 0. The second kappa shape index (κ2) is 47.7. The number of halogens is 4. The van der Waals surface area contributed by atoms with E-state index in [1.807, 2.05) is 0 Å². The van der Waals surface area contributed by atoms with Crippen molar-refractivity contribution in [2.45, 2.75) is 0 Å². The quantitative estimate of drug-likeness (QED) is 0.303. The SMILES string of the molecule is [F-].[F-].[F-].[F-].[Gd+3].[K+]. The van der Waals surface area contributed by atoms with Crippen LogP contribution >= 0.6 is 0 Å². The van der Waals surface area contributed by atoms with E-state index in [4.69, 9.17) is 0 Å². The Morgan fingerprint density at radius 1 is 0.500 bits per heavy atom. The molecule has 0 rings (SSSR count). The molecule has 0 unspecified atom stereocenters. The maximum Gasteiger partial charge on any atom is 3.00 e. The molecule has 0 fully saturated rings. The van der Waals surface area contributed by atoms with Crippen LogP contribution in [0.4, 0.5) is 0 Å². The van der Waals surface area contributed by atoms with E-state index in [2.05, 4.69) is 0 Å². The molecular weight excluding hydrogens is 272 g/mol. The molecular formula is F4GdK. The maximum atomic E-state index is 0. The molecule has 37 valence electrons. The summed E-state index contributed by atoms with van der Waals surface area (Å²) >= 11 is 0. The van der Waals surface area contributed by atoms with Crippen LogP contribution < -0.4 is 70.2 Å². The molecule has 0 atom stereocenters. The van der Waals surface area contributed by atoms with Crippen LogP contribution in [0, 0.1) is 39.9 Å². The first-order valence-corrected chi connectivity index (χ1v) is 0. The van der Waals surface area contributed by atoms with Crippen molar-refractivity contribution < 1.29 is 110 Å². The molecule has 0 aromatic carbocycles. The van der Waals surface area contributed by atoms with Gasteiger partial charge in [-0.25, -0.2) is 0 Å². The maximum absolute atomic E-state index is 0. The fourth-order valence-electron chi connectivity index (χ4n) is 0. The molecule has 0 aliphatic carbocycles. The summed E-state index contributed by atoms with van der Waals surface area (Å²) in [7, 11) is 0. The van der Waals surface area contributed by atoms with E-state index in [0.717, 1.165) is 0 Å². The van der Waals surface area contributed by atoms with Gasteiger partial charge in [0, 0.05) is 0 Å². The van der Waals surface area contributed by atoms with Gasteiger partial charge in [0.25, 0.3) is 0 Å². The zero-order valence-corrected chi connectivity index (χ0v) is 8.26. The van der Waals surface area contributed by atoms with Gasteiger partial charge in [-0.1, -0.05) is 0 Å². The Hall–Kier alpha value is 2.68. The topological polar surface area (TPSA) is 0 Å². The average Bonchev–Trinajstić information content (AvgIpc) is 0. The Morgan fingerprint density at radius 2 is 0.500 bits per heavy atom. The number of hydrogen-bond acceptors (Lipinski definition) is 0. The van der Waals surface area contributed by atoms with Crippen molar-refractivity contribution in [3.8, 4) is 0 Å². The third-order valence-corrected chi connectivity index (χ3v) is 0. The Morgan fingerprint density at radius 3 is 0.500 bits per heavy atom. The van der Waals surface area contributed by atoms with E-state index >= 15 is 0 Å². The Balaban J connectivity index is 0. The molecule has 6 heavy (non-hydrogen) atoms. The third kappa shape index (κ3) is 30.0. The van der Waals surface area contributed by atoms with Gasteiger partial charge < -0.3 is 18.8 Å². The van der Waals surface area contributed by atoms with Gasteiger partial charge in [0.15, 0.2) is 0 Å². The molecule has 0 aromatic heterocycles. The van der Waals surface area contributed by atoms with Crippen LogP contribution in [0.2, 0.25) is 0 Å². The molecule has 0 heterocycles. The van der Waals surface area contributed by atoms with Crippen LogP contribution in [0.25, 0.3) is 0 Å². The van der Waals surface area contributed by atoms with E-state index in [1.165, 1.54) is 0 Å². The first-order valence-electron chi connectivity index (χ1n) is 0. The third-order valence-electron chi connectivity index (χ3n) is 0. The predicted molar refractivity (Wildman–Crippen MR) is 0 cm³/mol. The summed E-state index contributed by atoms with van der Waals surface area (Å²) in [5.74, 6) is 0. The van der Waals surface area contributed by atoms with Gasteiger partial charge in [0.05, 0.1) is 0 Å². The van der Waals surface area contributed by atoms with Crippen molar-refractivity contribution in [2.75, 3.05) is 0 Å². The van der Waals surface area contributed by atoms with Gasteiger partial charge in [-0.3, -0.25) is 0 Å². The minimum atomic E-state index is 0. The van der Waals surface area contributed by atoms with Crippen molar-refractivity contribution in [1.29, 1.82) is 0 Å². The van der Waals surface area contributed by atoms with E-state index < -0.39 is 0 Å². The summed E-state index contributed by atoms with van der Waals surface area (Å²) in [6, 6.07) is 0. The molecule has 0 aromatic rings. The molecule has 1 radical (unpaired) electrons. The van der Waals surface area contributed by atoms with Crippen molar-refractivity contribution >= 4 is 0 Å². The monoisotopic (exact) mass is 273 g/mol. The van der Waals surface area contributed by atoms with Crippen molar-refractivity contribution in [2.24, 2.45) is 0 Å². The standard InChI is InChI=1S/4FH.Gd.K/h4*1H;;/q;;;;+3;+1/p-4. The second-order valence-electron chi connectivity index (χ2n) is 0. The fourth-order valence-corrected chi connectivity index (χ4v) is 0. The van der Waals surface area contributed by atoms with Gasteiger partial charge in [-0.2, -0.15) is 0 Å². The van der Waals surface area contributed by atoms with Gasteiger partial charge >= 0.3 is 91.3 Å². The molecule has 6 heteroatoms. The molecule has 0 aliphatic rings. The number of hydrogen-bond donors (Lipinski definition) is 0. The molecule has 0 spiro atoms. The van der Waals surface area contributed by atoms with Crippen LogP contribution in [-0.4, -0.2) is 0 Å². The first-order chi connectivity index (χ1) is 0. The van der Waals surface area contributed by atoms with Crippen LogP contribution in [0.3, 0.4) is 0 Å². The summed E-state index contributed by atoms with van der Waals surface area (Å²) < 4.78 is 0. The Kier molecular flexibility index (Phi) is 566. The fraction of sp³-hybridized carbons (Fsp3) is 0. The van der Waals surface area contributed by atoms with Gasteiger partial charge in [0.2, 0.25) is 0 Å². The van der Waals surface area contributed by atoms with E-state index in [1.54, 1.807) is 0 Å².